The molecule has 3 rings (SSSR count). The SMILES string of the molecule is Cc1nn(Cc2ccccc2Cl)c(C)c1C(=O)NCCNC(=O)c1ccccc1F. The highest BCUT2D eigenvalue weighted by molar-refractivity contribution is 6.31. The molecule has 0 fully saturated rings. The van der Waals surface area contributed by atoms with E-state index < -0.39 is 11.7 Å². The third-order valence-corrected chi connectivity index (χ3v) is 5.07. The molecule has 0 aliphatic heterocycles. The Morgan fingerprint density at radius 3 is 2.33 bits per heavy atom. The third-order valence-electron chi connectivity index (χ3n) is 4.70. The number of aryl methyl sites for hydroxylation is 1. The number of nitrogens with zero attached hydrogens (tertiary/aromatic N) is 2. The Morgan fingerprint density at radius 1 is 1.00 bits per heavy atom. The lowest BCUT2D eigenvalue weighted by Crippen LogP contribution is -2.35. The zero-order valence-electron chi connectivity index (χ0n) is 16.7. The van der Waals surface area contributed by atoms with E-state index in [9.17, 15) is 14.0 Å². The van der Waals surface area contributed by atoms with Crippen molar-refractivity contribution in [2.75, 3.05) is 13.1 Å². The second kappa shape index (κ2) is 9.54. The van der Waals surface area contributed by atoms with Crippen LogP contribution in [0.4, 0.5) is 4.39 Å². The largest absolute Gasteiger partial charge is 0.350 e. The van der Waals surface area contributed by atoms with Gasteiger partial charge >= 0.3 is 0 Å². The molecule has 1 aromatic heterocycles. The highest BCUT2D eigenvalue weighted by Crippen LogP contribution is 2.19. The number of rotatable bonds is 7. The number of hydrogen-bond acceptors (Lipinski definition) is 3. The molecule has 2 aromatic carbocycles. The molecule has 0 aliphatic rings. The van der Waals surface area contributed by atoms with Crippen molar-refractivity contribution in [3.8, 4) is 0 Å². The van der Waals surface area contributed by atoms with Crippen LogP contribution in [-0.2, 0) is 6.54 Å². The molecule has 3 aromatic rings. The van der Waals surface area contributed by atoms with Crippen LogP contribution in [0.25, 0.3) is 0 Å². The topological polar surface area (TPSA) is 76.0 Å². The van der Waals surface area contributed by atoms with E-state index in [4.69, 9.17) is 11.6 Å². The van der Waals surface area contributed by atoms with Crippen LogP contribution in [0.2, 0.25) is 5.02 Å². The molecule has 0 saturated carbocycles. The number of amides is 2. The van der Waals surface area contributed by atoms with Crippen LogP contribution in [0.3, 0.4) is 0 Å². The predicted octanol–water partition coefficient (Wildman–Crippen LogP) is 3.50. The number of nitrogens with one attached hydrogen (secondary N) is 2. The molecule has 8 heteroatoms. The minimum absolute atomic E-state index is 0.0311. The zero-order chi connectivity index (χ0) is 21.7. The Bertz CT molecular complexity index is 1080. The van der Waals surface area contributed by atoms with Crippen molar-refractivity contribution in [3.05, 3.63) is 87.4 Å². The molecule has 0 saturated heterocycles. The fourth-order valence-electron chi connectivity index (χ4n) is 3.15. The summed E-state index contributed by atoms with van der Waals surface area (Å²) in [6.07, 6.45) is 0. The van der Waals surface area contributed by atoms with Crippen molar-refractivity contribution in [1.29, 1.82) is 0 Å². The first-order valence-electron chi connectivity index (χ1n) is 9.47. The van der Waals surface area contributed by atoms with Gasteiger partial charge < -0.3 is 10.6 Å². The summed E-state index contributed by atoms with van der Waals surface area (Å²) in [4.78, 5) is 24.6. The Morgan fingerprint density at radius 2 is 1.63 bits per heavy atom. The first-order valence-corrected chi connectivity index (χ1v) is 9.84. The first-order chi connectivity index (χ1) is 14.4. The number of carbonyl (C=O) groups excluding carboxylic acids is 2. The van der Waals surface area contributed by atoms with Gasteiger partial charge in [-0.25, -0.2) is 4.39 Å². The lowest BCUT2D eigenvalue weighted by atomic mass is 10.1. The molecule has 2 amide bonds. The number of carbonyl (C=O) groups is 2. The van der Waals surface area contributed by atoms with Gasteiger partial charge in [0.15, 0.2) is 0 Å². The summed E-state index contributed by atoms with van der Waals surface area (Å²) in [5, 5.41) is 10.5. The Hall–Kier alpha value is -3.19. The summed E-state index contributed by atoms with van der Waals surface area (Å²) in [5.74, 6) is -1.39. The first kappa shape index (κ1) is 21.5. The predicted molar refractivity (Wildman–Crippen MR) is 113 cm³/mol. The molecule has 0 atom stereocenters. The van der Waals surface area contributed by atoms with Gasteiger partial charge in [-0.15, -0.1) is 0 Å². The van der Waals surface area contributed by atoms with Gasteiger partial charge in [0.2, 0.25) is 0 Å². The van der Waals surface area contributed by atoms with Crippen molar-refractivity contribution in [3.63, 3.8) is 0 Å². The second-order valence-electron chi connectivity index (χ2n) is 6.79. The van der Waals surface area contributed by atoms with E-state index in [0.717, 1.165) is 11.3 Å². The van der Waals surface area contributed by atoms with E-state index in [2.05, 4.69) is 15.7 Å². The van der Waals surface area contributed by atoms with Gasteiger partial charge in [0.25, 0.3) is 11.8 Å². The highest BCUT2D eigenvalue weighted by atomic mass is 35.5. The molecular formula is C22H22ClFN4O2. The van der Waals surface area contributed by atoms with Gasteiger partial charge in [0.1, 0.15) is 5.82 Å². The van der Waals surface area contributed by atoms with Crippen LogP contribution in [-0.4, -0.2) is 34.7 Å². The van der Waals surface area contributed by atoms with Crippen molar-refractivity contribution in [1.82, 2.24) is 20.4 Å². The number of benzene rings is 2. The van der Waals surface area contributed by atoms with E-state index >= 15 is 0 Å². The second-order valence-corrected chi connectivity index (χ2v) is 7.19. The molecule has 0 aliphatic carbocycles. The van der Waals surface area contributed by atoms with E-state index in [1.54, 1.807) is 17.7 Å². The smallest absolute Gasteiger partial charge is 0.255 e. The maximum absolute atomic E-state index is 13.6. The normalized spacial score (nSPS) is 10.7. The standard InChI is InChI=1S/C22H22ClFN4O2/c1-14-20(15(2)28(27-14)13-16-7-3-5-9-18(16)23)22(30)26-12-11-25-21(29)17-8-4-6-10-19(17)24/h3-10H,11-13H2,1-2H3,(H,25,29)(H,26,30). The maximum atomic E-state index is 13.6. The Kier molecular flexibility index (Phi) is 6.84. The summed E-state index contributed by atoms with van der Waals surface area (Å²) in [5.41, 5.74) is 2.69. The minimum atomic E-state index is -0.587. The quantitative estimate of drug-likeness (QED) is 0.565. The molecule has 30 heavy (non-hydrogen) atoms. The summed E-state index contributed by atoms with van der Waals surface area (Å²) >= 11 is 6.22. The van der Waals surface area contributed by atoms with Crippen LogP contribution in [0, 0.1) is 19.7 Å². The highest BCUT2D eigenvalue weighted by Gasteiger charge is 2.19. The summed E-state index contributed by atoms with van der Waals surface area (Å²) in [7, 11) is 0. The Balaban J connectivity index is 1.58. The molecule has 0 spiro atoms. The average molecular weight is 429 g/mol. The van der Waals surface area contributed by atoms with Gasteiger partial charge in [-0.3, -0.25) is 14.3 Å². The fourth-order valence-corrected chi connectivity index (χ4v) is 3.34. The van der Waals surface area contributed by atoms with Crippen molar-refractivity contribution in [2.45, 2.75) is 20.4 Å². The van der Waals surface area contributed by atoms with Gasteiger partial charge in [0.05, 0.1) is 23.4 Å². The number of hydrogen-bond donors (Lipinski definition) is 2. The van der Waals surface area contributed by atoms with Gasteiger partial charge in [-0.2, -0.15) is 5.10 Å². The van der Waals surface area contributed by atoms with Crippen molar-refractivity contribution in [2.24, 2.45) is 0 Å². The van der Waals surface area contributed by atoms with Gasteiger partial charge in [0, 0.05) is 23.8 Å². The number of aromatic nitrogens is 2. The minimum Gasteiger partial charge on any atom is -0.350 e. The zero-order valence-corrected chi connectivity index (χ0v) is 17.5. The molecule has 0 unspecified atom stereocenters. The molecule has 2 N–H and O–H groups in total. The molecule has 156 valence electrons. The monoisotopic (exact) mass is 428 g/mol. The molecule has 6 nitrogen and oxygen atoms in total. The van der Waals surface area contributed by atoms with Gasteiger partial charge in [-0.05, 0) is 37.6 Å². The molecular weight excluding hydrogens is 407 g/mol. The molecule has 0 bridgehead atoms. The van der Waals surface area contributed by atoms with Crippen LogP contribution in [0.5, 0.6) is 0 Å². The van der Waals surface area contributed by atoms with E-state index in [0.29, 0.717) is 22.8 Å². The van der Waals surface area contributed by atoms with E-state index in [1.807, 2.05) is 31.2 Å². The Labute approximate surface area is 179 Å². The average Bonchev–Trinajstić information content (AvgIpc) is 3.00. The maximum Gasteiger partial charge on any atom is 0.255 e. The summed E-state index contributed by atoms with van der Waals surface area (Å²) in [6.45, 7) is 4.42. The van der Waals surface area contributed by atoms with Crippen molar-refractivity contribution < 1.29 is 14.0 Å². The van der Waals surface area contributed by atoms with Crippen LogP contribution in [0.1, 0.15) is 37.7 Å². The lowest BCUT2D eigenvalue weighted by molar-refractivity contribution is 0.0924. The fraction of sp³-hybridized carbons (Fsp3) is 0.227. The third kappa shape index (κ3) is 4.86. The summed E-state index contributed by atoms with van der Waals surface area (Å²) in [6, 6.07) is 13.2. The van der Waals surface area contributed by atoms with Crippen LogP contribution in [0.15, 0.2) is 48.5 Å². The lowest BCUT2D eigenvalue weighted by Gasteiger charge is -2.09. The van der Waals surface area contributed by atoms with Crippen molar-refractivity contribution >= 4 is 23.4 Å². The van der Waals surface area contributed by atoms with Crippen LogP contribution >= 0.6 is 11.6 Å². The summed E-state index contributed by atoms with van der Waals surface area (Å²) < 4.78 is 15.4. The van der Waals surface area contributed by atoms with E-state index in [1.165, 1.54) is 18.2 Å². The van der Waals surface area contributed by atoms with E-state index in [-0.39, 0.29) is 24.6 Å². The molecule has 0 radical (unpaired) electrons. The number of halogens is 2. The van der Waals surface area contributed by atoms with Gasteiger partial charge in [-0.1, -0.05) is 41.9 Å². The molecule has 1 heterocycles. The van der Waals surface area contributed by atoms with Crippen LogP contribution < -0.4 is 10.6 Å².